The Kier molecular flexibility index (Phi) is 2.52. The van der Waals surface area contributed by atoms with Crippen molar-refractivity contribution in [2.24, 2.45) is 0 Å². The molecule has 1 aromatic heterocycles. The number of nitrogens with zero attached hydrogens (tertiary/aromatic N) is 3. The van der Waals surface area contributed by atoms with Crippen LogP contribution in [-0.4, -0.2) is 35.1 Å². The summed E-state index contributed by atoms with van der Waals surface area (Å²) in [6, 6.07) is 1.14. The van der Waals surface area contributed by atoms with Crippen molar-refractivity contribution < 1.29 is 4.39 Å². The van der Waals surface area contributed by atoms with Crippen molar-refractivity contribution >= 4 is 5.82 Å². The fourth-order valence-corrected chi connectivity index (χ4v) is 3.88. The molecule has 2 fully saturated rings. The predicted molar refractivity (Wildman–Crippen MR) is 71.1 cm³/mol. The quantitative estimate of drug-likeness (QED) is 0.839. The molecule has 4 nitrogen and oxygen atoms in total. The summed E-state index contributed by atoms with van der Waals surface area (Å²) in [6.07, 6.45) is 3.67. The molecule has 4 rings (SSSR count). The molecule has 3 heterocycles. The van der Waals surface area contributed by atoms with E-state index in [0.717, 1.165) is 24.5 Å². The summed E-state index contributed by atoms with van der Waals surface area (Å²) in [4.78, 5) is 11.0. The highest BCUT2D eigenvalue weighted by Gasteiger charge is 2.38. The summed E-state index contributed by atoms with van der Waals surface area (Å²) in [5.41, 5.74) is 1.68. The van der Waals surface area contributed by atoms with Crippen LogP contribution in [0.3, 0.4) is 0 Å². The van der Waals surface area contributed by atoms with Crippen LogP contribution in [0.5, 0.6) is 0 Å². The van der Waals surface area contributed by atoms with Crippen molar-refractivity contribution in [3.8, 4) is 0 Å². The Balaban J connectivity index is 1.72. The van der Waals surface area contributed by atoms with Gasteiger partial charge in [0.15, 0.2) is 0 Å². The lowest BCUT2D eigenvalue weighted by Crippen LogP contribution is -2.51. The van der Waals surface area contributed by atoms with Crippen LogP contribution in [-0.2, 0) is 0 Å². The molecular weight excluding hydrogens is 243 g/mol. The van der Waals surface area contributed by atoms with Crippen molar-refractivity contribution in [2.45, 2.75) is 50.4 Å². The van der Waals surface area contributed by atoms with Crippen molar-refractivity contribution in [1.82, 2.24) is 15.3 Å². The van der Waals surface area contributed by atoms with Gasteiger partial charge in [-0.25, -0.2) is 14.4 Å². The minimum atomic E-state index is -0.911. The van der Waals surface area contributed by atoms with E-state index < -0.39 is 6.17 Å². The van der Waals surface area contributed by atoms with Crippen LogP contribution in [0, 0.1) is 0 Å². The van der Waals surface area contributed by atoms with E-state index in [9.17, 15) is 4.39 Å². The van der Waals surface area contributed by atoms with Crippen molar-refractivity contribution in [3.05, 3.63) is 17.6 Å². The molecule has 1 aromatic rings. The van der Waals surface area contributed by atoms with E-state index in [0.29, 0.717) is 24.2 Å². The number of hydrogen-bond donors (Lipinski definition) is 1. The molecule has 0 radical (unpaired) electrons. The lowest BCUT2D eigenvalue weighted by atomic mass is 10.0. The van der Waals surface area contributed by atoms with Crippen LogP contribution in [0.15, 0.2) is 6.33 Å². The lowest BCUT2D eigenvalue weighted by molar-refractivity contribution is 0.326. The Morgan fingerprint density at radius 3 is 2.74 bits per heavy atom. The highest BCUT2D eigenvalue weighted by Crippen LogP contribution is 2.45. The van der Waals surface area contributed by atoms with Gasteiger partial charge >= 0.3 is 0 Å². The Bertz CT molecular complexity index is 494. The van der Waals surface area contributed by atoms with E-state index in [1.54, 1.807) is 0 Å². The first-order chi connectivity index (χ1) is 9.22. The molecule has 1 aliphatic carbocycles. The third kappa shape index (κ3) is 1.75. The topological polar surface area (TPSA) is 41.1 Å². The zero-order valence-corrected chi connectivity index (χ0v) is 11.1. The van der Waals surface area contributed by atoms with Crippen LogP contribution in [0.25, 0.3) is 0 Å². The van der Waals surface area contributed by atoms with Crippen LogP contribution in [0.4, 0.5) is 10.2 Å². The van der Waals surface area contributed by atoms with Crippen LogP contribution in [0.1, 0.15) is 49.5 Å². The summed E-state index contributed by atoms with van der Waals surface area (Å²) in [5, 5.41) is 3.62. The number of piperazine rings is 1. The minimum absolute atomic E-state index is 0.230. The van der Waals surface area contributed by atoms with Gasteiger partial charge in [0.1, 0.15) is 18.3 Å². The average Bonchev–Trinajstić information content (AvgIpc) is 2.90. The molecule has 0 saturated carbocycles. The molecule has 0 unspecified atom stereocenters. The Hall–Kier alpha value is -1.23. The Labute approximate surface area is 112 Å². The molecule has 1 N–H and O–H groups in total. The van der Waals surface area contributed by atoms with Gasteiger partial charge in [-0.1, -0.05) is 6.92 Å². The minimum Gasteiger partial charge on any atom is -0.353 e. The Morgan fingerprint density at radius 2 is 2.00 bits per heavy atom. The molecule has 3 aliphatic rings. The van der Waals surface area contributed by atoms with Crippen molar-refractivity contribution in [2.75, 3.05) is 18.0 Å². The maximum absolute atomic E-state index is 14.0. The average molecular weight is 262 g/mol. The van der Waals surface area contributed by atoms with Gasteiger partial charge in [-0.05, 0) is 25.2 Å². The molecule has 19 heavy (non-hydrogen) atoms. The highest BCUT2D eigenvalue weighted by molar-refractivity contribution is 5.54. The number of nitrogens with one attached hydrogen (secondary N) is 1. The van der Waals surface area contributed by atoms with E-state index in [4.69, 9.17) is 0 Å². The normalized spacial score (nSPS) is 36.6. The predicted octanol–water partition coefficient (Wildman–Crippen LogP) is 1.94. The first kappa shape index (κ1) is 11.6. The van der Waals surface area contributed by atoms with E-state index in [1.165, 1.54) is 19.2 Å². The van der Waals surface area contributed by atoms with Gasteiger partial charge in [0, 0.05) is 30.7 Å². The molecule has 102 valence electrons. The van der Waals surface area contributed by atoms with Gasteiger partial charge < -0.3 is 10.2 Å². The summed E-state index contributed by atoms with van der Waals surface area (Å²) in [5.74, 6) is 1.21. The number of alkyl halides is 1. The number of halogens is 1. The van der Waals surface area contributed by atoms with E-state index in [1.807, 2.05) is 0 Å². The number of hydrogen-bond acceptors (Lipinski definition) is 4. The summed E-state index contributed by atoms with van der Waals surface area (Å²) >= 11 is 0. The van der Waals surface area contributed by atoms with Gasteiger partial charge in [0.2, 0.25) is 0 Å². The number of aromatic nitrogens is 2. The van der Waals surface area contributed by atoms with Crippen molar-refractivity contribution in [3.63, 3.8) is 0 Å². The zero-order chi connectivity index (χ0) is 13.0. The van der Waals surface area contributed by atoms with E-state index >= 15 is 0 Å². The number of fused-ring (bicyclic) bond motifs is 3. The molecule has 2 saturated heterocycles. The SMILES string of the molecule is C[C@@H]1C[C@@H](F)c2ncnc(N3C[C@H]4CC[C@@H](C3)N4)c21. The Morgan fingerprint density at radius 1 is 1.26 bits per heavy atom. The van der Waals surface area contributed by atoms with Gasteiger partial charge in [0.25, 0.3) is 0 Å². The first-order valence-corrected chi connectivity index (χ1v) is 7.22. The number of rotatable bonds is 1. The highest BCUT2D eigenvalue weighted by atomic mass is 19.1. The fourth-order valence-electron chi connectivity index (χ4n) is 3.88. The van der Waals surface area contributed by atoms with Crippen molar-refractivity contribution in [1.29, 1.82) is 0 Å². The monoisotopic (exact) mass is 262 g/mol. The first-order valence-electron chi connectivity index (χ1n) is 7.22. The molecular formula is C14H19FN4. The second-order valence-corrected chi connectivity index (χ2v) is 6.14. The van der Waals surface area contributed by atoms with Crippen LogP contribution < -0.4 is 10.2 Å². The smallest absolute Gasteiger partial charge is 0.143 e. The molecule has 0 aromatic carbocycles. The molecule has 0 amide bonds. The maximum atomic E-state index is 14.0. The largest absolute Gasteiger partial charge is 0.353 e. The second kappa shape index (κ2) is 4.13. The summed E-state index contributed by atoms with van der Waals surface area (Å²) < 4.78 is 14.0. The molecule has 0 spiro atoms. The number of anilines is 1. The summed E-state index contributed by atoms with van der Waals surface area (Å²) in [7, 11) is 0. The van der Waals surface area contributed by atoms with Crippen LogP contribution >= 0.6 is 0 Å². The third-order valence-electron chi connectivity index (χ3n) is 4.76. The van der Waals surface area contributed by atoms with Crippen LogP contribution in [0.2, 0.25) is 0 Å². The van der Waals surface area contributed by atoms with Gasteiger partial charge in [0.05, 0.1) is 5.69 Å². The molecule has 2 bridgehead atoms. The molecule has 5 heteroatoms. The molecule has 2 aliphatic heterocycles. The van der Waals surface area contributed by atoms with E-state index in [-0.39, 0.29) is 5.92 Å². The second-order valence-electron chi connectivity index (χ2n) is 6.14. The van der Waals surface area contributed by atoms with Gasteiger partial charge in [-0.3, -0.25) is 0 Å². The molecule has 4 atom stereocenters. The maximum Gasteiger partial charge on any atom is 0.143 e. The standard InChI is InChI=1S/C14H19FN4/c1-8-4-11(15)13-12(8)14(17-7-16-13)19-5-9-2-3-10(6-19)18-9/h7-11,18H,2-6H2,1H3/t8-,9-,10+,11-/m1/s1. The van der Waals surface area contributed by atoms with E-state index in [2.05, 4.69) is 27.1 Å². The third-order valence-corrected chi connectivity index (χ3v) is 4.76. The lowest BCUT2D eigenvalue weighted by Gasteiger charge is -2.35. The zero-order valence-electron chi connectivity index (χ0n) is 11.1. The summed E-state index contributed by atoms with van der Waals surface area (Å²) in [6.45, 7) is 4.06. The fraction of sp³-hybridized carbons (Fsp3) is 0.714. The van der Waals surface area contributed by atoms with Gasteiger partial charge in [-0.15, -0.1) is 0 Å². The van der Waals surface area contributed by atoms with Gasteiger partial charge in [-0.2, -0.15) is 0 Å².